The Kier molecular flexibility index (Phi) is 4.04. The zero-order valence-corrected chi connectivity index (χ0v) is 12.0. The maximum Gasteiger partial charge on any atom is 0.159 e. The Labute approximate surface area is 119 Å². The van der Waals surface area contributed by atoms with Gasteiger partial charge in [0.25, 0.3) is 0 Å². The first kappa shape index (κ1) is 13.1. The minimum Gasteiger partial charge on any atom is -0.456 e. The van der Waals surface area contributed by atoms with Crippen molar-refractivity contribution >= 4 is 33.3 Å². The Morgan fingerprint density at radius 1 is 1.22 bits per heavy atom. The number of ketones is 1. The van der Waals surface area contributed by atoms with E-state index in [4.69, 9.17) is 16.3 Å². The highest BCUT2D eigenvalue weighted by Gasteiger charge is 2.05. The SMILES string of the molecule is CC(=O)c1cccc(Oc2ccc(Br)cc2Cl)c1. The largest absolute Gasteiger partial charge is 0.456 e. The lowest BCUT2D eigenvalue weighted by atomic mass is 10.1. The molecular formula is C14H10BrClO2. The average Bonchev–Trinajstić information content (AvgIpc) is 2.33. The molecule has 0 saturated carbocycles. The number of hydrogen-bond acceptors (Lipinski definition) is 2. The molecule has 0 aromatic heterocycles. The van der Waals surface area contributed by atoms with E-state index in [-0.39, 0.29) is 5.78 Å². The van der Waals surface area contributed by atoms with Gasteiger partial charge in [0.1, 0.15) is 11.5 Å². The molecule has 2 aromatic carbocycles. The molecule has 0 amide bonds. The third kappa shape index (κ3) is 3.12. The molecule has 0 heterocycles. The molecule has 0 unspecified atom stereocenters. The van der Waals surface area contributed by atoms with Crippen LogP contribution >= 0.6 is 27.5 Å². The van der Waals surface area contributed by atoms with Crippen LogP contribution in [0.2, 0.25) is 5.02 Å². The van der Waals surface area contributed by atoms with E-state index in [0.717, 1.165) is 4.47 Å². The number of carbonyl (C=O) groups is 1. The number of halogens is 2. The highest BCUT2D eigenvalue weighted by Crippen LogP contribution is 2.31. The summed E-state index contributed by atoms with van der Waals surface area (Å²) in [6.45, 7) is 1.52. The molecule has 0 aliphatic heterocycles. The van der Waals surface area contributed by atoms with Gasteiger partial charge < -0.3 is 4.74 Å². The second kappa shape index (κ2) is 5.55. The molecule has 0 bridgehead atoms. The lowest BCUT2D eigenvalue weighted by Gasteiger charge is -2.08. The van der Waals surface area contributed by atoms with Gasteiger partial charge in [0.2, 0.25) is 0 Å². The summed E-state index contributed by atoms with van der Waals surface area (Å²) >= 11 is 9.39. The summed E-state index contributed by atoms with van der Waals surface area (Å²) in [4.78, 5) is 11.3. The fourth-order valence-electron chi connectivity index (χ4n) is 1.46. The maximum atomic E-state index is 11.3. The number of ether oxygens (including phenoxy) is 1. The van der Waals surface area contributed by atoms with E-state index in [1.165, 1.54) is 6.92 Å². The fourth-order valence-corrected chi connectivity index (χ4v) is 2.18. The molecule has 18 heavy (non-hydrogen) atoms. The smallest absolute Gasteiger partial charge is 0.159 e. The first-order chi connectivity index (χ1) is 8.56. The monoisotopic (exact) mass is 324 g/mol. The van der Waals surface area contributed by atoms with Crippen molar-refractivity contribution < 1.29 is 9.53 Å². The minimum atomic E-state index is 0.00218. The Morgan fingerprint density at radius 3 is 2.67 bits per heavy atom. The first-order valence-electron chi connectivity index (χ1n) is 5.30. The number of benzene rings is 2. The summed E-state index contributed by atoms with van der Waals surface area (Å²) in [7, 11) is 0. The van der Waals surface area contributed by atoms with Gasteiger partial charge in [-0.2, -0.15) is 0 Å². The standard InChI is InChI=1S/C14H10BrClO2/c1-9(17)10-3-2-4-12(7-10)18-14-6-5-11(15)8-13(14)16/h2-8H,1H3. The van der Waals surface area contributed by atoms with E-state index < -0.39 is 0 Å². The van der Waals surface area contributed by atoms with Crippen LogP contribution in [0.5, 0.6) is 11.5 Å². The molecule has 2 nitrogen and oxygen atoms in total. The summed E-state index contributed by atoms with van der Waals surface area (Å²) in [5, 5.41) is 0.512. The van der Waals surface area contributed by atoms with Gasteiger partial charge in [0.05, 0.1) is 5.02 Å². The molecule has 92 valence electrons. The zero-order valence-electron chi connectivity index (χ0n) is 9.61. The van der Waals surface area contributed by atoms with Crippen molar-refractivity contribution in [3.05, 3.63) is 57.5 Å². The summed E-state index contributed by atoms with van der Waals surface area (Å²) in [6, 6.07) is 12.4. The third-order valence-corrected chi connectivity index (χ3v) is 3.15. The number of rotatable bonds is 3. The molecule has 0 fully saturated rings. The van der Waals surface area contributed by atoms with Gasteiger partial charge in [-0.05, 0) is 37.3 Å². The van der Waals surface area contributed by atoms with Crippen molar-refractivity contribution in [3.63, 3.8) is 0 Å². The van der Waals surface area contributed by atoms with Crippen LogP contribution in [0, 0.1) is 0 Å². The van der Waals surface area contributed by atoms with Crippen LogP contribution in [-0.4, -0.2) is 5.78 Å². The van der Waals surface area contributed by atoms with Gasteiger partial charge in [-0.1, -0.05) is 39.7 Å². The van der Waals surface area contributed by atoms with Crippen LogP contribution in [0.25, 0.3) is 0 Å². The normalized spacial score (nSPS) is 10.2. The second-order valence-corrected chi connectivity index (χ2v) is 5.08. The zero-order chi connectivity index (χ0) is 13.1. The second-order valence-electron chi connectivity index (χ2n) is 3.76. The van der Waals surface area contributed by atoms with Crippen molar-refractivity contribution in [2.24, 2.45) is 0 Å². The van der Waals surface area contributed by atoms with E-state index in [1.807, 2.05) is 6.07 Å². The summed E-state index contributed by atoms with van der Waals surface area (Å²) in [5.74, 6) is 1.15. The van der Waals surface area contributed by atoms with Gasteiger partial charge in [-0.15, -0.1) is 0 Å². The van der Waals surface area contributed by atoms with Crippen LogP contribution in [0.15, 0.2) is 46.9 Å². The summed E-state index contributed by atoms with van der Waals surface area (Å²) in [5.41, 5.74) is 0.612. The first-order valence-corrected chi connectivity index (χ1v) is 6.47. The molecule has 4 heteroatoms. The van der Waals surface area contributed by atoms with Crippen LogP contribution in [0.3, 0.4) is 0 Å². The maximum absolute atomic E-state index is 11.3. The summed E-state index contributed by atoms with van der Waals surface area (Å²) in [6.07, 6.45) is 0. The van der Waals surface area contributed by atoms with Gasteiger partial charge in [-0.25, -0.2) is 0 Å². The lowest BCUT2D eigenvalue weighted by molar-refractivity contribution is 0.101. The number of Topliss-reactive ketones (excluding diaryl/α,β-unsaturated/α-hetero) is 1. The van der Waals surface area contributed by atoms with E-state index in [1.54, 1.807) is 36.4 Å². The molecule has 0 atom stereocenters. The predicted octanol–water partition coefficient (Wildman–Crippen LogP) is 5.10. The van der Waals surface area contributed by atoms with Gasteiger partial charge >= 0.3 is 0 Å². The average molecular weight is 326 g/mol. The van der Waals surface area contributed by atoms with Crippen molar-refractivity contribution in [1.82, 2.24) is 0 Å². The third-order valence-electron chi connectivity index (χ3n) is 2.36. The quantitative estimate of drug-likeness (QED) is 0.734. The van der Waals surface area contributed by atoms with E-state index in [0.29, 0.717) is 22.1 Å². The van der Waals surface area contributed by atoms with Crippen molar-refractivity contribution in [2.75, 3.05) is 0 Å². The Bertz CT molecular complexity index is 596. The fraction of sp³-hybridized carbons (Fsp3) is 0.0714. The van der Waals surface area contributed by atoms with E-state index >= 15 is 0 Å². The lowest BCUT2D eigenvalue weighted by Crippen LogP contribution is -1.92. The van der Waals surface area contributed by atoms with Crippen LogP contribution < -0.4 is 4.74 Å². The molecule has 2 rings (SSSR count). The molecule has 0 aliphatic rings. The molecule has 2 aromatic rings. The molecular weight excluding hydrogens is 316 g/mol. The number of hydrogen-bond donors (Lipinski definition) is 0. The highest BCUT2D eigenvalue weighted by molar-refractivity contribution is 9.10. The van der Waals surface area contributed by atoms with Gasteiger partial charge in [0, 0.05) is 10.0 Å². The Balaban J connectivity index is 2.28. The topological polar surface area (TPSA) is 26.3 Å². The summed E-state index contributed by atoms with van der Waals surface area (Å²) < 4.78 is 6.54. The van der Waals surface area contributed by atoms with Crippen LogP contribution in [-0.2, 0) is 0 Å². The molecule has 0 N–H and O–H groups in total. The van der Waals surface area contributed by atoms with Gasteiger partial charge in [0.15, 0.2) is 5.78 Å². The van der Waals surface area contributed by atoms with Crippen molar-refractivity contribution in [2.45, 2.75) is 6.92 Å². The molecule has 0 radical (unpaired) electrons. The van der Waals surface area contributed by atoms with E-state index in [2.05, 4.69) is 15.9 Å². The molecule has 0 aliphatic carbocycles. The highest BCUT2D eigenvalue weighted by atomic mass is 79.9. The van der Waals surface area contributed by atoms with E-state index in [9.17, 15) is 4.79 Å². The minimum absolute atomic E-state index is 0.00218. The van der Waals surface area contributed by atoms with Crippen molar-refractivity contribution in [1.29, 1.82) is 0 Å². The van der Waals surface area contributed by atoms with Crippen molar-refractivity contribution in [3.8, 4) is 11.5 Å². The molecule has 0 spiro atoms. The number of carbonyl (C=O) groups excluding carboxylic acids is 1. The molecule has 0 saturated heterocycles. The van der Waals surface area contributed by atoms with Gasteiger partial charge in [-0.3, -0.25) is 4.79 Å². The predicted molar refractivity (Wildman–Crippen MR) is 75.7 cm³/mol. The Morgan fingerprint density at radius 2 is 2.00 bits per heavy atom. The van der Waals surface area contributed by atoms with Crippen LogP contribution in [0.4, 0.5) is 0 Å². The van der Waals surface area contributed by atoms with Crippen LogP contribution in [0.1, 0.15) is 17.3 Å². The Hall–Kier alpha value is -1.32.